The minimum Gasteiger partial charge on any atom is -0.348 e. The summed E-state index contributed by atoms with van der Waals surface area (Å²) in [6.07, 6.45) is 5.37. The lowest BCUT2D eigenvalue weighted by atomic mass is 10.1. The first-order valence-electron chi connectivity index (χ1n) is 7.27. The Morgan fingerprint density at radius 3 is 3.10 bits per heavy atom. The molecule has 1 unspecified atom stereocenters. The van der Waals surface area contributed by atoms with Gasteiger partial charge in [0.1, 0.15) is 0 Å². The summed E-state index contributed by atoms with van der Waals surface area (Å²) >= 11 is 0. The van der Waals surface area contributed by atoms with E-state index in [-0.39, 0.29) is 5.91 Å². The topological polar surface area (TPSA) is 61.0 Å². The predicted molar refractivity (Wildman–Crippen MR) is 76.6 cm³/mol. The van der Waals surface area contributed by atoms with Gasteiger partial charge in [0.2, 0.25) is 0 Å². The van der Waals surface area contributed by atoms with Gasteiger partial charge in [-0.25, -0.2) is 4.98 Å². The zero-order valence-corrected chi connectivity index (χ0v) is 11.3. The van der Waals surface area contributed by atoms with E-state index in [9.17, 15) is 4.79 Å². The number of aromatic amines is 1. The molecular formula is C15H18N4O. The molecule has 20 heavy (non-hydrogen) atoms. The maximum absolute atomic E-state index is 12.3. The summed E-state index contributed by atoms with van der Waals surface area (Å²) in [6.45, 7) is 2.12. The van der Waals surface area contributed by atoms with Crippen molar-refractivity contribution in [3.8, 4) is 0 Å². The van der Waals surface area contributed by atoms with Gasteiger partial charge in [-0.15, -0.1) is 0 Å². The smallest absolute Gasteiger partial charge is 0.251 e. The number of carbonyl (C=O) groups excluding carboxylic acids is 1. The standard InChI is InChI=1S/C15H18N4O/c20-15(10-1-4-13-14(7-10)17-9-16-13)18-11-5-6-19(8-11)12-2-3-12/h1,4,7,9,11-12H,2-3,5-6,8H2,(H,16,17)(H,18,20). The number of amides is 1. The molecule has 1 aliphatic heterocycles. The van der Waals surface area contributed by atoms with E-state index in [1.807, 2.05) is 18.2 Å². The summed E-state index contributed by atoms with van der Waals surface area (Å²) in [5, 5.41) is 3.15. The van der Waals surface area contributed by atoms with Crippen LogP contribution >= 0.6 is 0 Å². The largest absolute Gasteiger partial charge is 0.348 e. The molecule has 2 aliphatic rings. The SMILES string of the molecule is O=C(NC1CCN(C2CC2)C1)c1ccc2nc[nH]c2c1. The zero-order chi connectivity index (χ0) is 13.5. The van der Waals surface area contributed by atoms with Gasteiger partial charge in [0.15, 0.2) is 0 Å². The zero-order valence-electron chi connectivity index (χ0n) is 11.3. The molecule has 5 heteroatoms. The number of benzene rings is 1. The third-order valence-electron chi connectivity index (χ3n) is 4.30. The fourth-order valence-electron chi connectivity index (χ4n) is 3.02. The molecule has 0 bridgehead atoms. The minimum absolute atomic E-state index is 0.0177. The summed E-state index contributed by atoms with van der Waals surface area (Å²) in [6, 6.07) is 6.67. The van der Waals surface area contributed by atoms with Crippen molar-refractivity contribution in [2.45, 2.75) is 31.3 Å². The van der Waals surface area contributed by atoms with Gasteiger partial charge in [-0.2, -0.15) is 0 Å². The predicted octanol–water partition coefficient (Wildman–Crippen LogP) is 1.53. The average Bonchev–Trinajstić information content (AvgIpc) is 3.02. The maximum Gasteiger partial charge on any atom is 0.251 e. The number of likely N-dealkylation sites (tertiary alicyclic amines) is 1. The number of hydrogen-bond donors (Lipinski definition) is 2. The lowest BCUT2D eigenvalue weighted by molar-refractivity contribution is 0.0937. The second-order valence-corrected chi connectivity index (χ2v) is 5.82. The van der Waals surface area contributed by atoms with Gasteiger partial charge >= 0.3 is 0 Å². The van der Waals surface area contributed by atoms with Crippen molar-refractivity contribution >= 4 is 16.9 Å². The molecule has 1 aromatic heterocycles. The van der Waals surface area contributed by atoms with Gasteiger partial charge in [0, 0.05) is 30.7 Å². The van der Waals surface area contributed by atoms with Crippen molar-refractivity contribution in [1.82, 2.24) is 20.2 Å². The van der Waals surface area contributed by atoms with Crippen LogP contribution in [-0.2, 0) is 0 Å². The van der Waals surface area contributed by atoms with Crippen molar-refractivity contribution in [2.24, 2.45) is 0 Å². The van der Waals surface area contributed by atoms with Crippen molar-refractivity contribution in [1.29, 1.82) is 0 Å². The first-order valence-corrected chi connectivity index (χ1v) is 7.27. The first kappa shape index (κ1) is 11.9. The van der Waals surface area contributed by atoms with Crippen molar-refractivity contribution in [2.75, 3.05) is 13.1 Å². The van der Waals surface area contributed by atoms with Crippen LogP contribution in [0.5, 0.6) is 0 Å². The number of nitrogens with one attached hydrogen (secondary N) is 2. The van der Waals surface area contributed by atoms with Crippen LogP contribution in [0.2, 0.25) is 0 Å². The molecule has 0 radical (unpaired) electrons. The second kappa shape index (κ2) is 4.59. The molecule has 1 amide bonds. The Morgan fingerprint density at radius 1 is 1.35 bits per heavy atom. The summed E-state index contributed by atoms with van der Waals surface area (Å²) in [4.78, 5) is 22.0. The van der Waals surface area contributed by atoms with Gasteiger partial charge in [-0.1, -0.05) is 0 Å². The lowest BCUT2D eigenvalue weighted by Crippen LogP contribution is -2.37. The molecule has 2 aromatic rings. The quantitative estimate of drug-likeness (QED) is 0.889. The molecular weight excluding hydrogens is 252 g/mol. The normalized spacial score (nSPS) is 23.3. The second-order valence-electron chi connectivity index (χ2n) is 5.82. The molecule has 1 aromatic carbocycles. The third kappa shape index (κ3) is 2.18. The van der Waals surface area contributed by atoms with E-state index in [0.29, 0.717) is 11.6 Å². The first-order chi connectivity index (χ1) is 9.79. The van der Waals surface area contributed by atoms with Gasteiger partial charge < -0.3 is 10.3 Å². The van der Waals surface area contributed by atoms with Gasteiger partial charge in [-0.05, 0) is 37.5 Å². The lowest BCUT2D eigenvalue weighted by Gasteiger charge is -2.15. The highest BCUT2D eigenvalue weighted by Crippen LogP contribution is 2.29. The summed E-state index contributed by atoms with van der Waals surface area (Å²) in [5.41, 5.74) is 2.50. The molecule has 2 N–H and O–H groups in total. The van der Waals surface area contributed by atoms with E-state index in [0.717, 1.165) is 36.6 Å². The summed E-state index contributed by atoms with van der Waals surface area (Å²) in [5.74, 6) is 0.0177. The van der Waals surface area contributed by atoms with E-state index in [1.54, 1.807) is 6.33 Å². The molecule has 1 saturated heterocycles. The Balaban J connectivity index is 1.44. The number of nitrogens with zero attached hydrogens (tertiary/aromatic N) is 2. The third-order valence-corrected chi connectivity index (χ3v) is 4.30. The number of H-pyrrole nitrogens is 1. The molecule has 2 heterocycles. The number of hydrogen-bond acceptors (Lipinski definition) is 3. The molecule has 1 saturated carbocycles. The van der Waals surface area contributed by atoms with Gasteiger partial charge in [-0.3, -0.25) is 9.69 Å². The number of aromatic nitrogens is 2. The summed E-state index contributed by atoms with van der Waals surface area (Å²) in [7, 11) is 0. The Kier molecular flexibility index (Phi) is 2.73. The molecule has 1 aliphatic carbocycles. The molecule has 0 spiro atoms. The van der Waals surface area contributed by atoms with Crippen LogP contribution in [0.1, 0.15) is 29.6 Å². The minimum atomic E-state index is 0.0177. The van der Waals surface area contributed by atoms with Crippen LogP contribution in [0.3, 0.4) is 0 Å². The highest BCUT2D eigenvalue weighted by molar-refractivity contribution is 5.97. The van der Waals surface area contributed by atoms with Crippen LogP contribution in [0.25, 0.3) is 11.0 Å². The fourth-order valence-corrected chi connectivity index (χ4v) is 3.02. The molecule has 1 atom stereocenters. The molecule has 5 nitrogen and oxygen atoms in total. The van der Waals surface area contributed by atoms with Crippen molar-refractivity contribution in [3.05, 3.63) is 30.1 Å². The van der Waals surface area contributed by atoms with Crippen LogP contribution in [0.4, 0.5) is 0 Å². The highest BCUT2D eigenvalue weighted by Gasteiger charge is 2.34. The Bertz CT molecular complexity index is 646. The van der Waals surface area contributed by atoms with E-state index >= 15 is 0 Å². The Labute approximate surface area is 117 Å². The van der Waals surface area contributed by atoms with E-state index in [4.69, 9.17) is 0 Å². The van der Waals surface area contributed by atoms with Gasteiger partial charge in [0.05, 0.1) is 17.4 Å². The maximum atomic E-state index is 12.3. The average molecular weight is 270 g/mol. The van der Waals surface area contributed by atoms with Crippen LogP contribution in [-0.4, -0.2) is 45.9 Å². The molecule has 4 rings (SSSR count). The Hall–Kier alpha value is -1.88. The van der Waals surface area contributed by atoms with Crippen molar-refractivity contribution < 1.29 is 4.79 Å². The van der Waals surface area contributed by atoms with E-state index in [1.165, 1.54) is 12.8 Å². The highest BCUT2D eigenvalue weighted by atomic mass is 16.1. The van der Waals surface area contributed by atoms with Crippen LogP contribution < -0.4 is 5.32 Å². The van der Waals surface area contributed by atoms with E-state index < -0.39 is 0 Å². The Morgan fingerprint density at radius 2 is 2.25 bits per heavy atom. The monoisotopic (exact) mass is 270 g/mol. The number of fused-ring (bicyclic) bond motifs is 1. The van der Waals surface area contributed by atoms with Gasteiger partial charge in [0.25, 0.3) is 5.91 Å². The van der Waals surface area contributed by atoms with E-state index in [2.05, 4.69) is 20.2 Å². The van der Waals surface area contributed by atoms with Crippen molar-refractivity contribution in [3.63, 3.8) is 0 Å². The van der Waals surface area contributed by atoms with Crippen LogP contribution in [0.15, 0.2) is 24.5 Å². The fraction of sp³-hybridized carbons (Fsp3) is 0.467. The number of rotatable bonds is 3. The number of carbonyl (C=O) groups is 1. The molecule has 104 valence electrons. The van der Waals surface area contributed by atoms with Crippen LogP contribution in [0, 0.1) is 0 Å². The summed E-state index contributed by atoms with van der Waals surface area (Å²) < 4.78 is 0. The number of imidazole rings is 1. The molecule has 2 fully saturated rings.